The van der Waals surface area contributed by atoms with E-state index in [0.29, 0.717) is 24.0 Å². The van der Waals surface area contributed by atoms with E-state index in [1.165, 1.54) is 32.1 Å². The van der Waals surface area contributed by atoms with Crippen molar-refractivity contribution in [3.63, 3.8) is 0 Å². The Labute approximate surface area is 182 Å². The van der Waals surface area contributed by atoms with Crippen LogP contribution in [0.4, 0.5) is 5.69 Å². The van der Waals surface area contributed by atoms with Crippen molar-refractivity contribution in [1.29, 1.82) is 0 Å². The summed E-state index contributed by atoms with van der Waals surface area (Å²) in [5, 5.41) is 0. The van der Waals surface area contributed by atoms with Gasteiger partial charge >= 0.3 is 0 Å². The molecule has 0 bridgehead atoms. The molecular formula is C25H35NO3S. The molecule has 0 aliphatic heterocycles. The average Bonchev–Trinajstić information content (AvgIpc) is 2.72. The first-order chi connectivity index (χ1) is 14.3. The molecule has 0 heterocycles. The maximum Gasteiger partial charge on any atom is 0.264 e. The lowest BCUT2D eigenvalue weighted by molar-refractivity contribution is 0.209. The van der Waals surface area contributed by atoms with Gasteiger partial charge in [-0.25, -0.2) is 8.42 Å². The highest BCUT2D eigenvalue weighted by molar-refractivity contribution is 7.92. The lowest BCUT2D eigenvalue weighted by atomic mass is 9.90. The van der Waals surface area contributed by atoms with Crippen LogP contribution in [-0.2, 0) is 10.0 Å². The van der Waals surface area contributed by atoms with Crippen LogP contribution < -0.4 is 9.04 Å². The Hall–Kier alpha value is -2.01. The van der Waals surface area contributed by atoms with E-state index >= 15 is 0 Å². The summed E-state index contributed by atoms with van der Waals surface area (Å²) in [4.78, 5) is 0.299. The largest absolute Gasteiger partial charge is 0.493 e. The molecule has 4 nitrogen and oxygen atoms in total. The van der Waals surface area contributed by atoms with Crippen molar-refractivity contribution in [3.05, 3.63) is 53.6 Å². The molecule has 0 spiro atoms. The van der Waals surface area contributed by atoms with Crippen LogP contribution in [0.1, 0.15) is 57.1 Å². The molecule has 1 aliphatic carbocycles. The third-order valence-electron chi connectivity index (χ3n) is 5.77. The van der Waals surface area contributed by atoms with Gasteiger partial charge in [-0.3, -0.25) is 4.31 Å². The quantitative estimate of drug-likeness (QED) is 0.508. The predicted octanol–water partition coefficient (Wildman–Crippen LogP) is 6.11. The normalized spacial score (nSPS) is 15.4. The van der Waals surface area contributed by atoms with Gasteiger partial charge < -0.3 is 4.74 Å². The van der Waals surface area contributed by atoms with Crippen LogP contribution in [-0.4, -0.2) is 21.6 Å². The second-order valence-electron chi connectivity index (χ2n) is 9.01. The van der Waals surface area contributed by atoms with Gasteiger partial charge in [-0.15, -0.1) is 0 Å². The Morgan fingerprint density at radius 2 is 1.67 bits per heavy atom. The highest BCUT2D eigenvalue weighted by Crippen LogP contribution is 2.30. The summed E-state index contributed by atoms with van der Waals surface area (Å²) in [7, 11) is -3.66. The number of anilines is 1. The zero-order valence-electron chi connectivity index (χ0n) is 18.7. The van der Waals surface area contributed by atoms with E-state index in [1.807, 2.05) is 45.9 Å². The molecule has 0 atom stereocenters. The Morgan fingerprint density at radius 3 is 2.27 bits per heavy atom. The van der Waals surface area contributed by atoms with Gasteiger partial charge in [-0.1, -0.05) is 50.8 Å². The van der Waals surface area contributed by atoms with Crippen LogP contribution in [0, 0.1) is 25.7 Å². The fraction of sp³-hybridized carbons (Fsp3) is 0.520. The molecule has 0 amide bonds. The molecule has 2 aromatic carbocycles. The number of hydrogen-bond acceptors (Lipinski definition) is 3. The van der Waals surface area contributed by atoms with Crippen molar-refractivity contribution in [2.75, 3.05) is 17.5 Å². The van der Waals surface area contributed by atoms with Crippen molar-refractivity contribution in [2.45, 2.75) is 64.7 Å². The summed E-state index contributed by atoms with van der Waals surface area (Å²) in [5.74, 6) is 1.56. The second kappa shape index (κ2) is 9.86. The first kappa shape index (κ1) is 22.7. The fourth-order valence-electron chi connectivity index (χ4n) is 4.15. The van der Waals surface area contributed by atoms with E-state index in [-0.39, 0.29) is 5.92 Å². The van der Waals surface area contributed by atoms with E-state index in [2.05, 4.69) is 0 Å². The summed E-state index contributed by atoms with van der Waals surface area (Å²) < 4.78 is 34.5. The Kier molecular flexibility index (Phi) is 7.45. The maximum atomic E-state index is 13.5. The van der Waals surface area contributed by atoms with Crippen molar-refractivity contribution in [3.8, 4) is 5.75 Å². The van der Waals surface area contributed by atoms with Gasteiger partial charge in [0.25, 0.3) is 10.0 Å². The molecule has 0 N–H and O–H groups in total. The van der Waals surface area contributed by atoms with E-state index in [0.717, 1.165) is 22.6 Å². The molecule has 5 heteroatoms. The summed E-state index contributed by atoms with van der Waals surface area (Å²) >= 11 is 0. The lowest BCUT2D eigenvalue weighted by Crippen LogP contribution is -2.34. The number of aryl methyl sites for hydroxylation is 2. The van der Waals surface area contributed by atoms with Crippen LogP contribution in [0.5, 0.6) is 5.75 Å². The minimum absolute atomic E-state index is 0.207. The molecule has 3 rings (SSSR count). The number of nitrogens with zero attached hydrogens (tertiary/aromatic N) is 1. The SMILES string of the molecule is Cc1ccc(N(CC(C)C)S(=O)(=O)c2ccc(OCC3CCCCC3)cc2)c(C)c1. The Morgan fingerprint density at radius 1 is 1.00 bits per heavy atom. The van der Waals surface area contributed by atoms with E-state index in [1.54, 1.807) is 28.6 Å². The van der Waals surface area contributed by atoms with Gasteiger partial charge in [0.05, 0.1) is 17.2 Å². The number of sulfonamides is 1. The third-order valence-corrected chi connectivity index (χ3v) is 7.57. The summed E-state index contributed by atoms with van der Waals surface area (Å²) in [6, 6.07) is 12.8. The molecule has 1 aliphatic rings. The molecule has 0 aromatic heterocycles. The van der Waals surface area contributed by atoms with Crippen molar-refractivity contribution >= 4 is 15.7 Å². The first-order valence-electron chi connectivity index (χ1n) is 11.1. The molecule has 2 aromatic rings. The van der Waals surface area contributed by atoms with Gasteiger partial charge in [-0.2, -0.15) is 0 Å². The van der Waals surface area contributed by atoms with Crippen LogP contribution >= 0.6 is 0 Å². The molecular weight excluding hydrogens is 394 g/mol. The molecule has 0 unspecified atom stereocenters. The standard InChI is InChI=1S/C25H35NO3S/c1-19(2)17-26(25-15-10-20(3)16-21(25)4)30(27,28)24-13-11-23(12-14-24)29-18-22-8-6-5-7-9-22/h10-16,19,22H,5-9,17-18H2,1-4H3. The molecule has 1 saturated carbocycles. The van der Waals surface area contributed by atoms with E-state index in [9.17, 15) is 8.42 Å². The van der Waals surface area contributed by atoms with Crippen LogP contribution in [0.15, 0.2) is 47.4 Å². The number of ether oxygens (including phenoxy) is 1. The van der Waals surface area contributed by atoms with Gasteiger partial charge in [0, 0.05) is 6.54 Å². The van der Waals surface area contributed by atoms with E-state index < -0.39 is 10.0 Å². The third kappa shape index (κ3) is 5.57. The minimum Gasteiger partial charge on any atom is -0.493 e. The van der Waals surface area contributed by atoms with Gasteiger partial charge in [0.2, 0.25) is 0 Å². The Bertz CT molecular complexity index is 929. The number of benzene rings is 2. The second-order valence-corrected chi connectivity index (χ2v) is 10.9. The highest BCUT2D eigenvalue weighted by Gasteiger charge is 2.27. The zero-order valence-corrected chi connectivity index (χ0v) is 19.5. The molecule has 0 radical (unpaired) electrons. The predicted molar refractivity (Wildman–Crippen MR) is 124 cm³/mol. The smallest absolute Gasteiger partial charge is 0.264 e. The minimum atomic E-state index is -3.66. The van der Waals surface area contributed by atoms with Gasteiger partial charge in [0.15, 0.2) is 0 Å². The van der Waals surface area contributed by atoms with Gasteiger partial charge in [0.1, 0.15) is 5.75 Å². The van der Waals surface area contributed by atoms with E-state index in [4.69, 9.17) is 4.74 Å². The highest BCUT2D eigenvalue weighted by atomic mass is 32.2. The summed E-state index contributed by atoms with van der Waals surface area (Å²) in [5.41, 5.74) is 2.83. The summed E-state index contributed by atoms with van der Waals surface area (Å²) in [6.07, 6.45) is 6.36. The molecule has 164 valence electrons. The van der Waals surface area contributed by atoms with Gasteiger partial charge in [-0.05, 0) is 74.4 Å². The topological polar surface area (TPSA) is 46.6 Å². The van der Waals surface area contributed by atoms with Crippen molar-refractivity contribution in [2.24, 2.45) is 11.8 Å². The van der Waals surface area contributed by atoms with Crippen LogP contribution in [0.2, 0.25) is 0 Å². The van der Waals surface area contributed by atoms with Crippen LogP contribution in [0.3, 0.4) is 0 Å². The summed E-state index contributed by atoms with van der Waals surface area (Å²) in [6.45, 7) is 9.21. The molecule has 1 fully saturated rings. The van der Waals surface area contributed by atoms with Crippen molar-refractivity contribution in [1.82, 2.24) is 0 Å². The van der Waals surface area contributed by atoms with Crippen LogP contribution in [0.25, 0.3) is 0 Å². The maximum absolute atomic E-state index is 13.5. The lowest BCUT2D eigenvalue weighted by Gasteiger charge is -2.28. The monoisotopic (exact) mass is 429 g/mol. The molecule has 30 heavy (non-hydrogen) atoms. The fourth-order valence-corrected chi connectivity index (χ4v) is 5.84. The first-order valence-corrected chi connectivity index (χ1v) is 12.5. The van der Waals surface area contributed by atoms with Crippen molar-refractivity contribution < 1.29 is 13.2 Å². The average molecular weight is 430 g/mol. The zero-order chi connectivity index (χ0) is 21.7. The molecule has 0 saturated heterocycles. The number of hydrogen-bond donors (Lipinski definition) is 0. The Balaban J connectivity index is 1.80. The number of rotatable bonds is 8.